The van der Waals surface area contributed by atoms with Crippen molar-refractivity contribution in [2.45, 2.75) is 19.3 Å². The number of carbonyl (C=O) groups excluding carboxylic acids is 1. The lowest BCUT2D eigenvalue weighted by molar-refractivity contribution is -0.118. The van der Waals surface area contributed by atoms with E-state index < -0.39 is 0 Å². The number of amides is 1. The smallest absolute Gasteiger partial charge is 0.228 e. The quantitative estimate of drug-likeness (QED) is 0.892. The van der Waals surface area contributed by atoms with Gasteiger partial charge in [-0.2, -0.15) is 0 Å². The predicted octanol–water partition coefficient (Wildman–Crippen LogP) is 2.62. The van der Waals surface area contributed by atoms with Crippen molar-refractivity contribution in [3.05, 3.63) is 23.7 Å². The van der Waals surface area contributed by atoms with Crippen LogP contribution in [-0.2, 0) is 4.79 Å². The summed E-state index contributed by atoms with van der Waals surface area (Å²) >= 11 is 1.60. The molecule has 20 heavy (non-hydrogen) atoms. The number of rotatable bonds is 2. The second-order valence-electron chi connectivity index (χ2n) is 5.89. The number of piperidine rings is 1. The minimum atomic E-state index is 0.191. The maximum Gasteiger partial charge on any atom is 0.228 e. The molecule has 4 nitrogen and oxygen atoms in total. The Kier molecular flexibility index (Phi) is 2.79. The molecule has 1 aromatic carbocycles. The number of hydrogen-bond donors (Lipinski definition) is 2. The molecule has 1 saturated heterocycles. The number of anilines is 1. The van der Waals surface area contributed by atoms with Crippen LogP contribution in [0.3, 0.4) is 0 Å². The predicted molar refractivity (Wildman–Crippen MR) is 80.9 cm³/mol. The minimum absolute atomic E-state index is 0.191. The van der Waals surface area contributed by atoms with Crippen LogP contribution in [0.1, 0.15) is 19.3 Å². The Morgan fingerprint density at radius 3 is 3.10 bits per heavy atom. The number of thiazole rings is 1. The van der Waals surface area contributed by atoms with E-state index in [1.165, 1.54) is 0 Å². The summed E-state index contributed by atoms with van der Waals surface area (Å²) < 4.78 is 1.12. The van der Waals surface area contributed by atoms with Crippen LogP contribution >= 0.6 is 11.3 Å². The molecule has 1 aliphatic heterocycles. The average Bonchev–Trinajstić information content (AvgIpc) is 2.96. The van der Waals surface area contributed by atoms with Crippen LogP contribution in [0, 0.1) is 11.3 Å². The molecular formula is C15H17N3OS. The van der Waals surface area contributed by atoms with E-state index in [2.05, 4.69) is 15.6 Å². The summed E-state index contributed by atoms with van der Waals surface area (Å²) in [5.41, 5.74) is 4.02. The molecule has 5 heteroatoms. The van der Waals surface area contributed by atoms with Gasteiger partial charge in [0.1, 0.15) is 0 Å². The van der Waals surface area contributed by atoms with E-state index in [1.54, 1.807) is 11.3 Å². The first-order valence-corrected chi connectivity index (χ1v) is 8.00. The van der Waals surface area contributed by atoms with Crippen LogP contribution in [0.2, 0.25) is 0 Å². The van der Waals surface area contributed by atoms with Gasteiger partial charge in [0.05, 0.1) is 15.7 Å². The lowest BCUT2D eigenvalue weighted by Gasteiger charge is -2.23. The number of hydrogen-bond acceptors (Lipinski definition) is 4. The van der Waals surface area contributed by atoms with Gasteiger partial charge in [0.25, 0.3) is 0 Å². The molecular weight excluding hydrogens is 270 g/mol. The van der Waals surface area contributed by atoms with Gasteiger partial charge in [-0.25, -0.2) is 4.98 Å². The summed E-state index contributed by atoms with van der Waals surface area (Å²) in [6, 6.07) is 5.93. The minimum Gasteiger partial charge on any atom is -0.326 e. The number of aromatic nitrogens is 1. The highest BCUT2D eigenvalue weighted by Crippen LogP contribution is 2.58. The Hall–Kier alpha value is -1.46. The molecule has 2 aliphatic rings. The molecule has 2 N–H and O–H groups in total. The molecule has 0 bridgehead atoms. The normalized spacial score (nSPS) is 23.9. The number of benzene rings is 1. The molecule has 1 atom stereocenters. The maximum atomic E-state index is 12.4. The number of fused-ring (bicyclic) bond motifs is 1. The van der Waals surface area contributed by atoms with Crippen molar-refractivity contribution in [2.24, 2.45) is 11.3 Å². The van der Waals surface area contributed by atoms with Crippen LogP contribution in [0.15, 0.2) is 23.7 Å². The van der Waals surface area contributed by atoms with Crippen molar-refractivity contribution >= 4 is 33.1 Å². The van der Waals surface area contributed by atoms with Gasteiger partial charge in [0.15, 0.2) is 0 Å². The van der Waals surface area contributed by atoms with Crippen molar-refractivity contribution in [3.8, 4) is 0 Å². The molecule has 1 amide bonds. The van der Waals surface area contributed by atoms with Crippen molar-refractivity contribution in [1.29, 1.82) is 0 Å². The number of nitrogens with zero attached hydrogens (tertiary/aromatic N) is 1. The highest BCUT2D eigenvalue weighted by molar-refractivity contribution is 7.16. The molecule has 2 fully saturated rings. The summed E-state index contributed by atoms with van der Waals surface area (Å²) in [5.74, 6) is 0.400. The van der Waals surface area contributed by atoms with Crippen molar-refractivity contribution in [1.82, 2.24) is 10.3 Å². The van der Waals surface area contributed by atoms with E-state index in [0.29, 0.717) is 5.41 Å². The summed E-state index contributed by atoms with van der Waals surface area (Å²) in [4.78, 5) is 16.6. The Bertz CT molecular complexity index is 660. The lowest BCUT2D eigenvalue weighted by Crippen LogP contribution is -2.31. The second kappa shape index (κ2) is 4.53. The molecule has 1 aliphatic carbocycles. The highest BCUT2D eigenvalue weighted by Gasteiger charge is 2.57. The van der Waals surface area contributed by atoms with Crippen LogP contribution in [0.4, 0.5) is 5.69 Å². The van der Waals surface area contributed by atoms with Crippen molar-refractivity contribution in [2.75, 3.05) is 18.4 Å². The number of nitrogens with one attached hydrogen (secondary N) is 2. The highest BCUT2D eigenvalue weighted by atomic mass is 32.1. The Morgan fingerprint density at radius 2 is 2.25 bits per heavy atom. The monoisotopic (exact) mass is 287 g/mol. The summed E-state index contributed by atoms with van der Waals surface area (Å²) in [6.07, 6.45) is 3.33. The fourth-order valence-electron chi connectivity index (χ4n) is 3.36. The molecule has 4 rings (SSSR count). The molecule has 1 saturated carbocycles. The average molecular weight is 287 g/mol. The third-order valence-corrected chi connectivity index (χ3v) is 5.50. The van der Waals surface area contributed by atoms with E-state index in [0.717, 1.165) is 48.3 Å². The first-order chi connectivity index (χ1) is 9.77. The zero-order valence-corrected chi connectivity index (χ0v) is 12.0. The Balaban J connectivity index is 1.47. The van der Waals surface area contributed by atoms with Gasteiger partial charge in [0, 0.05) is 11.6 Å². The van der Waals surface area contributed by atoms with Crippen LogP contribution < -0.4 is 10.6 Å². The van der Waals surface area contributed by atoms with Gasteiger partial charge in [0.2, 0.25) is 5.91 Å². The SMILES string of the molecule is O=C(Nc1ccc2ncsc2c1)C1CC12CCNCC2. The van der Waals surface area contributed by atoms with Crippen molar-refractivity contribution in [3.63, 3.8) is 0 Å². The molecule has 2 aromatic rings. The van der Waals surface area contributed by atoms with Crippen LogP contribution in [0.25, 0.3) is 10.2 Å². The van der Waals surface area contributed by atoms with Gasteiger partial charge >= 0.3 is 0 Å². The Morgan fingerprint density at radius 1 is 1.40 bits per heavy atom. The topological polar surface area (TPSA) is 54.0 Å². The van der Waals surface area contributed by atoms with Crippen molar-refractivity contribution < 1.29 is 4.79 Å². The first kappa shape index (κ1) is 12.3. The molecule has 1 aromatic heterocycles. The van der Waals surface area contributed by atoms with Gasteiger partial charge < -0.3 is 10.6 Å². The van der Waals surface area contributed by atoms with E-state index >= 15 is 0 Å². The third kappa shape index (κ3) is 2.01. The molecule has 1 spiro atoms. The summed E-state index contributed by atoms with van der Waals surface area (Å²) in [6.45, 7) is 2.10. The first-order valence-electron chi connectivity index (χ1n) is 7.12. The second-order valence-corrected chi connectivity index (χ2v) is 6.78. The fraction of sp³-hybridized carbons (Fsp3) is 0.467. The van der Waals surface area contributed by atoms with Gasteiger partial charge in [-0.05, 0) is 56.0 Å². The lowest BCUT2D eigenvalue weighted by atomic mass is 9.92. The van der Waals surface area contributed by atoms with Gasteiger partial charge in [-0.1, -0.05) is 0 Å². The zero-order valence-electron chi connectivity index (χ0n) is 11.2. The molecule has 1 unspecified atom stereocenters. The van der Waals surface area contributed by atoms with Gasteiger partial charge in [-0.3, -0.25) is 4.79 Å². The molecule has 0 radical (unpaired) electrons. The fourth-order valence-corrected chi connectivity index (χ4v) is 4.07. The molecule has 104 valence electrons. The van der Waals surface area contributed by atoms with E-state index in [9.17, 15) is 4.79 Å². The van der Waals surface area contributed by atoms with Gasteiger partial charge in [-0.15, -0.1) is 11.3 Å². The third-order valence-electron chi connectivity index (χ3n) is 4.70. The zero-order chi connectivity index (χ0) is 13.6. The largest absolute Gasteiger partial charge is 0.326 e. The van der Waals surface area contributed by atoms with E-state index in [-0.39, 0.29) is 11.8 Å². The Labute approximate surface area is 121 Å². The van der Waals surface area contributed by atoms with Crippen LogP contribution in [0.5, 0.6) is 0 Å². The maximum absolute atomic E-state index is 12.4. The van der Waals surface area contributed by atoms with E-state index in [1.807, 2.05) is 23.7 Å². The summed E-state index contributed by atoms with van der Waals surface area (Å²) in [5, 5.41) is 6.45. The van der Waals surface area contributed by atoms with E-state index in [4.69, 9.17) is 0 Å². The molecule has 2 heterocycles. The number of carbonyl (C=O) groups is 1. The van der Waals surface area contributed by atoms with Crippen LogP contribution in [-0.4, -0.2) is 24.0 Å². The standard InChI is InChI=1S/C15H17N3OS/c19-14(11-8-15(11)3-5-16-6-4-15)18-10-1-2-12-13(7-10)20-9-17-12/h1-2,7,9,11,16H,3-6,8H2,(H,18,19). The summed E-state index contributed by atoms with van der Waals surface area (Å²) in [7, 11) is 0.